The molecule has 0 unspecified atom stereocenters. The molecule has 0 saturated carbocycles. The number of aromatic nitrogens is 6. The third-order valence-corrected chi connectivity index (χ3v) is 10.2. The predicted molar refractivity (Wildman–Crippen MR) is 192 cm³/mol. The Morgan fingerprint density at radius 1 is 0.891 bits per heavy atom. The van der Waals surface area contributed by atoms with Gasteiger partial charge in [0.25, 0.3) is 5.95 Å². The number of benzene rings is 2. The number of hydrogen-bond acceptors (Lipinski definition) is 12. The Hall–Kier alpha value is -5.87. The highest BCUT2D eigenvalue weighted by Crippen LogP contribution is 2.49. The van der Waals surface area contributed by atoms with Crippen molar-refractivity contribution in [2.24, 2.45) is 5.73 Å². The van der Waals surface area contributed by atoms with Crippen LogP contribution >= 0.6 is 7.60 Å². The van der Waals surface area contributed by atoms with Gasteiger partial charge in [0.1, 0.15) is 35.0 Å². The molecule has 5 heterocycles. The normalized spacial score (nSPS) is 16.1. The minimum Gasteiger partial charge on any atom is -0.474 e. The highest BCUT2D eigenvalue weighted by atomic mass is 31.2. The molecule has 6 aromatic rings. The maximum Gasteiger partial charge on any atom is 0.468 e. The second-order valence-electron chi connectivity index (χ2n) is 12.9. The van der Waals surface area contributed by atoms with Crippen molar-refractivity contribution >= 4 is 30.3 Å². The number of nitrogens with zero attached hydrogens (tertiary/aromatic N) is 7. The number of imidazole rings is 1. The van der Waals surface area contributed by atoms with Gasteiger partial charge in [-0.1, -0.05) is 0 Å². The number of alkyl halides is 2. The van der Waals surface area contributed by atoms with Crippen LogP contribution in [0.4, 0.5) is 33.5 Å². The molecule has 4 aromatic heterocycles. The number of hydrogen-bond donors (Lipinski definition) is 2. The average Bonchev–Trinajstić information content (AvgIpc) is 3.56. The molecular weight excluding hydrogens is 748 g/mol. The molecule has 1 aliphatic heterocycles. The molecule has 0 radical (unpaired) electrons. The van der Waals surface area contributed by atoms with Crippen LogP contribution in [0.15, 0.2) is 85.6 Å². The fraction of sp³-hybridized carbons (Fsp3) is 0.250. The second kappa shape index (κ2) is 15.5. The zero-order valence-electron chi connectivity index (χ0n) is 28.9. The Kier molecular flexibility index (Phi) is 10.5. The molecule has 13 nitrogen and oxygen atoms in total. The average molecular weight is 782 g/mol. The molecule has 7 rings (SSSR count). The van der Waals surface area contributed by atoms with Crippen molar-refractivity contribution in [2.45, 2.75) is 37.8 Å². The van der Waals surface area contributed by atoms with Crippen molar-refractivity contribution in [1.29, 1.82) is 0 Å². The van der Waals surface area contributed by atoms with Gasteiger partial charge in [-0.25, -0.2) is 42.1 Å². The summed E-state index contributed by atoms with van der Waals surface area (Å²) >= 11 is 0. The molecule has 2 aromatic carbocycles. The Morgan fingerprint density at radius 3 is 2.24 bits per heavy atom. The number of fused-ring (bicyclic) bond motifs is 1. The van der Waals surface area contributed by atoms with Gasteiger partial charge in [0.15, 0.2) is 17.2 Å². The molecule has 1 saturated heterocycles. The highest BCUT2D eigenvalue weighted by molar-refractivity contribution is 7.54. The Balaban J connectivity index is 1.17. The van der Waals surface area contributed by atoms with Crippen LogP contribution in [-0.2, 0) is 11.1 Å². The zero-order valence-corrected chi connectivity index (χ0v) is 29.8. The molecule has 4 N–H and O–H groups in total. The van der Waals surface area contributed by atoms with E-state index in [1.54, 1.807) is 23.2 Å². The second-order valence-corrected chi connectivity index (χ2v) is 14.8. The summed E-state index contributed by atoms with van der Waals surface area (Å²) in [7, 11) is -4.29. The summed E-state index contributed by atoms with van der Waals surface area (Å²) in [5.41, 5.74) is 13.8. The summed E-state index contributed by atoms with van der Waals surface area (Å²) in [5, 5.41) is 0. The summed E-state index contributed by atoms with van der Waals surface area (Å²) in [6.45, 7) is 0.875. The van der Waals surface area contributed by atoms with Crippen LogP contribution in [0.5, 0.6) is 17.2 Å². The van der Waals surface area contributed by atoms with Crippen molar-refractivity contribution < 1.29 is 40.3 Å². The van der Waals surface area contributed by atoms with E-state index in [1.807, 2.05) is 4.90 Å². The standard InChI is InChI=1S/C36H33F5N9O4P/c37-23-2-6-25(7-3-23)53-55(51,54-26-8-4-24(38)5-9-26)21-52-30-11-10-27(48-33(30)41)28-14-22(17-50-20-47-32-34(42)45-19-46-35(32)50)29(16-44-28)49-13-1-12-36(43,18-49)15-31(39)40/h2-11,14,16,19-20,31H,1,12-13,15,17-18,21,43H2,(H2,42,45,46)/t36-/m0/s1. The van der Waals surface area contributed by atoms with Crippen LogP contribution in [0.25, 0.3) is 22.6 Å². The molecule has 55 heavy (non-hydrogen) atoms. The van der Waals surface area contributed by atoms with Gasteiger partial charge in [-0.15, -0.1) is 0 Å². The lowest BCUT2D eigenvalue weighted by Gasteiger charge is -2.42. The molecule has 0 aliphatic carbocycles. The zero-order chi connectivity index (χ0) is 38.7. The molecule has 1 aliphatic rings. The van der Waals surface area contributed by atoms with E-state index in [4.69, 9.17) is 25.3 Å². The minimum absolute atomic E-state index is 0.0231. The number of piperidine rings is 1. The lowest BCUT2D eigenvalue weighted by atomic mass is 9.86. The van der Waals surface area contributed by atoms with Crippen molar-refractivity contribution in [2.75, 3.05) is 30.1 Å². The van der Waals surface area contributed by atoms with Crippen molar-refractivity contribution in [3.05, 3.63) is 109 Å². The first kappa shape index (κ1) is 37.4. The lowest BCUT2D eigenvalue weighted by Crippen LogP contribution is -2.55. The van der Waals surface area contributed by atoms with Crippen LogP contribution in [0.1, 0.15) is 24.8 Å². The fourth-order valence-corrected chi connectivity index (χ4v) is 7.61. The first-order valence-electron chi connectivity index (χ1n) is 16.9. The number of nitrogen functional groups attached to an aromatic ring is 1. The fourth-order valence-electron chi connectivity index (χ4n) is 6.28. The van der Waals surface area contributed by atoms with Crippen LogP contribution < -0.4 is 30.2 Å². The quantitative estimate of drug-likeness (QED) is 0.0702. The van der Waals surface area contributed by atoms with Crippen molar-refractivity contribution in [3.63, 3.8) is 0 Å². The maximum absolute atomic E-state index is 15.6. The molecular formula is C36H33F5N9O4P. The van der Waals surface area contributed by atoms with Crippen molar-refractivity contribution in [1.82, 2.24) is 29.5 Å². The molecule has 0 amide bonds. The summed E-state index contributed by atoms with van der Waals surface area (Å²) in [4.78, 5) is 23.2. The van der Waals surface area contributed by atoms with E-state index in [0.717, 1.165) is 24.3 Å². The monoisotopic (exact) mass is 781 g/mol. The van der Waals surface area contributed by atoms with Gasteiger partial charge >= 0.3 is 7.60 Å². The largest absolute Gasteiger partial charge is 0.474 e. The van der Waals surface area contributed by atoms with Crippen LogP contribution in [0, 0.1) is 17.6 Å². The van der Waals surface area contributed by atoms with Crippen LogP contribution in [0.3, 0.4) is 0 Å². The summed E-state index contributed by atoms with van der Waals surface area (Å²) in [6.07, 6.45) is 1.57. The van der Waals surface area contributed by atoms with Crippen LogP contribution in [-0.4, -0.2) is 60.9 Å². The first-order valence-corrected chi connectivity index (χ1v) is 18.6. The number of rotatable bonds is 13. The SMILES string of the molecule is Nc1ncnc2c1ncn2Cc1cc(-c2ccc(OCP(=O)(Oc3ccc(F)cc3)Oc3ccc(F)cc3)c(F)n2)ncc1N1CCC[C@](N)(CC(F)F)C1. The third kappa shape index (κ3) is 8.76. The molecule has 1 fully saturated rings. The summed E-state index contributed by atoms with van der Waals surface area (Å²) < 4.78 is 102. The number of anilines is 2. The smallest absolute Gasteiger partial charge is 0.468 e. The molecule has 19 heteroatoms. The Labute approximate surface area is 310 Å². The van der Waals surface area contributed by atoms with E-state index >= 15 is 4.39 Å². The molecule has 1 atom stereocenters. The maximum atomic E-state index is 15.6. The number of nitrogens with two attached hydrogens (primary N) is 2. The molecule has 286 valence electrons. The molecule has 0 bridgehead atoms. The summed E-state index contributed by atoms with van der Waals surface area (Å²) in [6, 6.07) is 13.6. The minimum atomic E-state index is -4.29. The lowest BCUT2D eigenvalue weighted by molar-refractivity contribution is 0.0983. The van der Waals surface area contributed by atoms with Gasteiger partial charge in [-0.3, -0.25) is 4.98 Å². The number of ether oxygens (including phenoxy) is 1. The van der Waals surface area contributed by atoms with Gasteiger partial charge in [-0.05, 0) is 85.1 Å². The number of pyridine rings is 2. The van der Waals surface area contributed by atoms with Gasteiger partial charge < -0.3 is 34.7 Å². The van der Waals surface area contributed by atoms with Crippen LogP contribution in [0.2, 0.25) is 0 Å². The van der Waals surface area contributed by atoms with Gasteiger partial charge in [0.2, 0.25) is 12.8 Å². The Morgan fingerprint density at radius 2 is 1.58 bits per heavy atom. The Bertz CT molecular complexity index is 2300. The highest BCUT2D eigenvalue weighted by Gasteiger charge is 2.35. The summed E-state index contributed by atoms with van der Waals surface area (Å²) in [5.74, 6) is -2.46. The first-order chi connectivity index (χ1) is 26.3. The molecule has 0 spiro atoms. The van der Waals surface area contributed by atoms with E-state index in [2.05, 4.69) is 24.9 Å². The third-order valence-electron chi connectivity index (χ3n) is 8.82. The van der Waals surface area contributed by atoms with Crippen molar-refractivity contribution in [3.8, 4) is 28.6 Å². The van der Waals surface area contributed by atoms with E-state index in [9.17, 15) is 22.1 Å². The van der Waals surface area contributed by atoms with E-state index in [-0.39, 0.29) is 41.8 Å². The predicted octanol–water partition coefficient (Wildman–Crippen LogP) is 6.97. The van der Waals surface area contributed by atoms with Gasteiger partial charge in [0, 0.05) is 25.0 Å². The van der Waals surface area contributed by atoms with Gasteiger partial charge in [0.05, 0.1) is 36.1 Å². The van der Waals surface area contributed by atoms with Gasteiger partial charge in [-0.2, -0.15) is 4.39 Å². The number of halogens is 5. The van der Waals surface area contributed by atoms with E-state index in [1.165, 1.54) is 42.7 Å². The van der Waals surface area contributed by atoms with E-state index in [0.29, 0.717) is 41.8 Å². The van der Waals surface area contributed by atoms with E-state index < -0.39 is 55.7 Å². The topological polar surface area (TPSA) is 169 Å².